The summed E-state index contributed by atoms with van der Waals surface area (Å²) >= 11 is 15.3. The molecule has 4 aromatic rings. The third-order valence-electron chi connectivity index (χ3n) is 9.63. The summed E-state index contributed by atoms with van der Waals surface area (Å²) in [6.45, 7) is 7.58. The first kappa shape index (κ1) is 39.6. The van der Waals surface area contributed by atoms with Crippen LogP contribution in [-0.2, 0) is 44.9 Å². The van der Waals surface area contributed by atoms with Crippen LogP contribution in [0.5, 0.6) is 0 Å². The second kappa shape index (κ2) is 15.8. The minimum Gasteiger partial charge on any atom is -0.481 e. The molecule has 0 saturated heterocycles. The molecule has 8 N–H and O–H groups in total. The predicted molar refractivity (Wildman–Crippen MR) is 210 cm³/mol. The van der Waals surface area contributed by atoms with Crippen molar-refractivity contribution in [3.8, 4) is 0 Å². The van der Waals surface area contributed by atoms with Crippen molar-refractivity contribution in [2.24, 2.45) is 0 Å². The van der Waals surface area contributed by atoms with Gasteiger partial charge in [0.2, 0.25) is 0 Å². The van der Waals surface area contributed by atoms with Crippen LogP contribution >= 0.6 is 63.7 Å². The van der Waals surface area contributed by atoms with E-state index in [1.807, 2.05) is 27.7 Å². The summed E-state index contributed by atoms with van der Waals surface area (Å²) in [4.78, 5) is 61.3. The van der Waals surface area contributed by atoms with Crippen molar-refractivity contribution < 1.29 is 39.6 Å². The Morgan fingerprint density at radius 1 is 0.404 bits per heavy atom. The first-order valence-corrected chi connectivity index (χ1v) is 19.5. The van der Waals surface area contributed by atoms with Gasteiger partial charge in [-0.1, -0.05) is 0 Å². The van der Waals surface area contributed by atoms with Gasteiger partial charge in [0.1, 0.15) is 0 Å². The lowest BCUT2D eigenvalue weighted by atomic mass is 10.0. The molecule has 0 saturated carbocycles. The van der Waals surface area contributed by atoms with Gasteiger partial charge in [-0.3, -0.25) is 19.2 Å². The average Bonchev–Trinajstić information content (AvgIpc) is 3.79. The lowest BCUT2D eigenvalue weighted by Gasteiger charge is -2.04. The Morgan fingerprint density at radius 3 is 0.962 bits per heavy atom. The third kappa shape index (κ3) is 7.57. The van der Waals surface area contributed by atoms with Crippen LogP contribution in [0, 0.1) is 27.7 Å². The summed E-state index contributed by atoms with van der Waals surface area (Å²) in [5, 5.41) is 41.2. The van der Waals surface area contributed by atoms with E-state index in [-0.39, 0.29) is 51.4 Å². The van der Waals surface area contributed by atoms with Crippen LogP contribution in [0.2, 0.25) is 0 Å². The Kier molecular flexibility index (Phi) is 12.0. The van der Waals surface area contributed by atoms with Gasteiger partial charge in [0.15, 0.2) is 0 Å². The molecule has 16 heteroatoms. The molecule has 8 bridgehead atoms. The van der Waals surface area contributed by atoms with Gasteiger partial charge in [-0.15, -0.1) is 0 Å². The van der Waals surface area contributed by atoms with E-state index in [2.05, 4.69) is 83.7 Å². The van der Waals surface area contributed by atoms with E-state index in [1.54, 1.807) is 0 Å². The number of nitrogens with one attached hydrogen (secondary N) is 4. The fourth-order valence-corrected chi connectivity index (χ4v) is 9.78. The number of aromatic nitrogens is 4. The molecule has 1 aliphatic rings. The van der Waals surface area contributed by atoms with Gasteiger partial charge in [0.05, 0.1) is 62.1 Å². The molecule has 276 valence electrons. The van der Waals surface area contributed by atoms with Gasteiger partial charge < -0.3 is 40.4 Å². The molecule has 0 aliphatic carbocycles. The summed E-state index contributed by atoms with van der Waals surface area (Å²) < 4.78 is 2.41. The first-order valence-electron chi connectivity index (χ1n) is 16.3. The van der Waals surface area contributed by atoms with Gasteiger partial charge in [-0.2, -0.15) is 0 Å². The van der Waals surface area contributed by atoms with E-state index in [1.165, 1.54) is 0 Å². The fourth-order valence-electron chi connectivity index (χ4n) is 6.84. The van der Waals surface area contributed by atoms with Crippen molar-refractivity contribution in [3.63, 3.8) is 0 Å². The quantitative estimate of drug-likeness (QED) is 0.0985. The summed E-state index contributed by atoms with van der Waals surface area (Å²) in [5.74, 6) is -3.82. The lowest BCUT2D eigenvalue weighted by Crippen LogP contribution is -2.17. The lowest BCUT2D eigenvalue weighted by molar-refractivity contribution is -0.138. The highest BCUT2D eigenvalue weighted by molar-refractivity contribution is 9.15. The van der Waals surface area contributed by atoms with Gasteiger partial charge in [-0.25, -0.2) is 0 Å². The average molecular weight is 972 g/mol. The van der Waals surface area contributed by atoms with Crippen molar-refractivity contribution in [1.82, 2.24) is 19.9 Å². The third-order valence-corrected chi connectivity index (χ3v) is 12.8. The molecule has 0 unspecified atom stereocenters. The molecule has 12 nitrogen and oxygen atoms in total. The van der Waals surface area contributed by atoms with Gasteiger partial charge >= 0.3 is 23.9 Å². The Labute approximate surface area is 330 Å². The summed E-state index contributed by atoms with van der Waals surface area (Å²) in [6, 6.07) is 0. The van der Waals surface area contributed by atoms with Gasteiger partial charge in [0.25, 0.3) is 0 Å². The maximum Gasteiger partial charge on any atom is 0.303 e. The molecule has 4 aromatic heterocycles. The van der Waals surface area contributed by atoms with E-state index in [9.17, 15) is 39.6 Å². The molecule has 0 fully saturated rings. The Balaban J connectivity index is 2.04. The van der Waals surface area contributed by atoms with Crippen molar-refractivity contribution >= 4 is 106 Å². The zero-order valence-electron chi connectivity index (χ0n) is 28.6. The van der Waals surface area contributed by atoms with E-state index in [0.29, 0.717) is 62.1 Å². The number of hydrogen-bond acceptors (Lipinski definition) is 4. The number of halogens is 4. The van der Waals surface area contributed by atoms with Crippen molar-refractivity contribution in [1.29, 1.82) is 0 Å². The Morgan fingerprint density at radius 2 is 0.673 bits per heavy atom. The molecule has 5 rings (SSSR count). The highest BCUT2D eigenvalue weighted by atomic mass is 79.9. The Hall–Kier alpha value is -3.60. The molecule has 0 radical (unpaired) electrons. The number of carboxylic acid groups (broad SMARTS) is 4. The smallest absolute Gasteiger partial charge is 0.303 e. The molecule has 0 aromatic carbocycles. The Bertz CT molecular complexity index is 2260. The number of aliphatic carboxylic acids is 4. The number of aromatic amines is 4. The summed E-state index contributed by atoms with van der Waals surface area (Å²) in [7, 11) is 0. The van der Waals surface area contributed by atoms with Crippen LogP contribution in [0.15, 0.2) is 0 Å². The minimum atomic E-state index is -0.956. The SMILES string of the molecule is Cc1c2[nH]c(c1CCC(=O)O)C(Br)=c1[nH]c(c(CCC(=O)O)c1C)=C(Br)c1[nH]c(c(CCC(=O)O)c1C)C(Br)=c1[nH]c(c(CCC(=O)O)c1C)=C2Br. The van der Waals surface area contributed by atoms with E-state index in [0.717, 1.165) is 44.5 Å². The normalized spacial score (nSPS) is 12.9. The number of rotatable bonds is 12. The highest BCUT2D eigenvalue weighted by Crippen LogP contribution is 2.35. The zero-order valence-corrected chi connectivity index (χ0v) is 34.9. The standard InChI is InChI=1S/C36H36Br4N4O8/c1-13-17(5-9-21(45)46)33-26(38)30-15(3)19(7-11-23(49)50)35(43-30)28(40)32-16(4)20(8-12-24(51)52)36(44-32)27(39)31-14(2)18(6-10-22(47)48)34(42-31)25(37)29(13)41-33/h41-44H,5-12H2,1-4H3,(H,45,46)(H,47,48)(H,49,50)(H,51,52). The summed E-state index contributed by atoms with van der Waals surface area (Å²) in [5.41, 5.74) is 8.75. The molecular formula is C36H36Br4N4O8. The van der Waals surface area contributed by atoms with E-state index in [4.69, 9.17) is 0 Å². The maximum absolute atomic E-state index is 11.8. The highest BCUT2D eigenvalue weighted by Gasteiger charge is 2.26. The molecule has 0 spiro atoms. The summed E-state index contributed by atoms with van der Waals surface area (Å²) in [6.07, 6.45) is 0.323. The van der Waals surface area contributed by atoms with Crippen LogP contribution in [0.4, 0.5) is 0 Å². The van der Waals surface area contributed by atoms with Crippen LogP contribution in [-0.4, -0.2) is 64.2 Å². The van der Waals surface area contributed by atoms with E-state index >= 15 is 0 Å². The predicted octanol–water partition coefficient (Wildman–Crippen LogP) is 4.82. The van der Waals surface area contributed by atoms with Gasteiger partial charge in [0, 0.05) is 25.7 Å². The van der Waals surface area contributed by atoms with E-state index < -0.39 is 23.9 Å². The largest absolute Gasteiger partial charge is 0.481 e. The zero-order chi connectivity index (χ0) is 38.3. The number of fused-ring (bicyclic) bond motifs is 8. The number of carbonyl (C=O) groups is 4. The van der Waals surface area contributed by atoms with Crippen LogP contribution < -0.4 is 21.4 Å². The minimum absolute atomic E-state index is 0.128. The van der Waals surface area contributed by atoms with Crippen LogP contribution in [0.25, 0.3) is 17.9 Å². The molecule has 5 heterocycles. The van der Waals surface area contributed by atoms with Crippen LogP contribution in [0.3, 0.4) is 0 Å². The second-order valence-corrected chi connectivity index (χ2v) is 15.9. The monoisotopic (exact) mass is 968 g/mol. The maximum atomic E-state index is 11.8. The van der Waals surface area contributed by atoms with Crippen molar-refractivity contribution in [3.05, 3.63) is 88.7 Å². The topological polar surface area (TPSA) is 212 Å². The number of hydrogen-bond donors (Lipinski definition) is 8. The second-order valence-electron chi connectivity index (χ2n) is 12.7. The molecule has 1 aliphatic heterocycles. The molecule has 0 atom stereocenters. The van der Waals surface area contributed by atoms with Crippen molar-refractivity contribution in [2.45, 2.75) is 79.1 Å². The van der Waals surface area contributed by atoms with Gasteiger partial charge in [-0.05, 0) is 162 Å². The number of H-pyrrole nitrogens is 4. The fraction of sp³-hybridized carbons (Fsp3) is 0.333. The van der Waals surface area contributed by atoms with Crippen molar-refractivity contribution in [2.75, 3.05) is 0 Å². The number of carboxylic acids is 4. The molecular weight excluding hydrogens is 936 g/mol. The molecule has 0 amide bonds. The first-order chi connectivity index (χ1) is 24.4. The van der Waals surface area contributed by atoms with Crippen LogP contribution in [0.1, 0.15) is 93.0 Å². The molecule has 52 heavy (non-hydrogen) atoms.